The van der Waals surface area contributed by atoms with Crippen LogP contribution in [0.2, 0.25) is 0 Å². The summed E-state index contributed by atoms with van der Waals surface area (Å²) in [6.45, 7) is 1.13. The molecule has 0 aromatic carbocycles. The summed E-state index contributed by atoms with van der Waals surface area (Å²) in [5, 5.41) is 9.46. The number of carbonyl (C=O) groups excluding carboxylic acids is 1. The van der Waals surface area contributed by atoms with Crippen LogP contribution in [0, 0.1) is 5.41 Å². The van der Waals surface area contributed by atoms with Crippen LogP contribution in [0.1, 0.15) is 25.1 Å². The van der Waals surface area contributed by atoms with Crippen LogP contribution >= 0.6 is 0 Å². The average Bonchev–Trinajstić information content (AvgIpc) is 2.94. The number of amides is 1. The van der Waals surface area contributed by atoms with E-state index in [4.69, 9.17) is 5.73 Å². The molecule has 1 amide bonds. The molecule has 0 atom stereocenters. The molecule has 0 radical (unpaired) electrons. The number of nitrogens with one attached hydrogen (secondary N) is 2. The third kappa shape index (κ3) is 2.38. The van der Waals surface area contributed by atoms with E-state index in [1.54, 1.807) is 0 Å². The van der Waals surface area contributed by atoms with Gasteiger partial charge >= 0.3 is 0 Å². The van der Waals surface area contributed by atoms with Gasteiger partial charge in [0.2, 0.25) is 5.91 Å². The summed E-state index contributed by atoms with van der Waals surface area (Å²) < 4.78 is 0. The molecule has 6 heteroatoms. The van der Waals surface area contributed by atoms with Gasteiger partial charge in [0.25, 0.3) is 0 Å². The number of nitrogens with zero attached hydrogens (tertiary/aromatic N) is 2. The van der Waals surface area contributed by atoms with Crippen molar-refractivity contribution in [3.8, 4) is 0 Å². The average molecular weight is 223 g/mol. The van der Waals surface area contributed by atoms with Gasteiger partial charge in [-0.15, -0.1) is 0 Å². The van der Waals surface area contributed by atoms with Crippen molar-refractivity contribution in [1.29, 1.82) is 0 Å². The zero-order valence-corrected chi connectivity index (χ0v) is 9.20. The van der Waals surface area contributed by atoms with E-state index in [1.165, 1.54) is 6.33 Å². The van der Waals surface area contributed by atoms with Crippen LogP contribution in [0.3, 0.4) is 0 Å². The Balaban J connectivity index is 1.63. The van der Waals surface area contributed by atoms with Crippen LogP contribution in [0.4, 0.5) is 0 Å². The number of aryl methyl sites for hydroxylation is 1. The molecule has 16 heavy (non-hydrogen) atoms. The number of rotatable bonds is 6. The topological polar surface area (TPSA) is 96.7 Å². The molecule has 0 unspecified atom stereocenters. The van der Waals surface area contributed by atoms with Crippen molar-refractivity contribution in [2.75, 3.05) is 13.1 Å². The van der Waals surface area contributed by atoms with Gasteiger partial charge in [-0.2, -0.15) is 5.10 Å². The Bertz CT molecular complexity index is 344. The van der Waals surface area contributed by atoms with Crippen molar-refractivity contribution in [1.82, 2.24) is 20.5 Å². The minimum Gasteiger partial charge on any atom is -0.356 e. The van der Waals surface area contributed by atoms with Crippen LogP contribution in [-0.2, 0) is 11.2 Å². The smallest absolute Gasteiger partial charge is 0.227 e. The lowest BCUT2D eigenvalue weighted by Crippen LogP contribution is -2.37. The molecular formula is C10H17N5O. The summed E-state index contributed by atoms with van der Waals surface area (Å²) in [6, 6.07) is 0. The summed E-state index contributed by atoms with van der Waals surface area (Å²) in [5.41, 5.74) is 5.32. The third-order valence-corrected chi connectivity index (χ3v) is 3.07. The summed E-state index contributed by atoms with van der Waals surface area (Å²) in [5.74, 6) is 0.960. The van der Waals surface area contributed by atoms with Crippen LogP contribution in [-0.4, -0.2) is 34.2 Å². The first-order chi connectivity index (χ1) is 7.77. The Morgan fingerprint density at radius 3 is 3.00 bits per heavy atom. The Kier molecular flexibility index (Phi) is 3.19. The van der Waals surface area contributed by atoms with E-state index in [-0.39, 0.29) is 11.3 Å². The second kappa shape index (κ2) is 4.61. The standard InChI is InChI=1S/C10H17N5O/c11-6-10(3-4-10)9(16)12-5-1-2-8-13-7-14-15-8/h7H,1-6,11H2,(H,12,16)(H,13,14,15). The number of H-pyrrole nitrogens is 1. The normalized spacial score (nSPS) is 17.1. The molecule has 1 aromatic heterocycles. The minimum atomic E-state index is -0.244. The summed E-state index contributed by atoms with van der Waals surface area (Å²) in [7, 11) is 0. The van der Waals surface area contributed by atoms with Gasteiger partial charge in [0.1, 0.15) is 12.2 Å². The summed E-state index contributed by atoms with van der Waals surface area (Å²) in [6.07, 6.45) is 5.01. The van der Waals surface area contributed by atoms with Gasteiger partial charge in [-0.1, -0.05) is 0 Å². The molecule has 0 aliphatic heterocycles. The first kappa shape index (κ1) is 11.1. The molecule has 6 nitrogen and oxygen atoms in total. The summed E-state index contributed by atoms with van der Waals surface area (Å²) in [4.78, 5) is 15.7. The monoisotopic (exact) mass is 223 g/mol. The van der Waals surface area contributed by atoms with Crippen LogP contribution < -0.4 is 11.1 Å². The van der Waals surface area contributed by atoms with E-state index in [2.05, 4.69) is 20.5 Å². The minimum absolute atomic E-state index is 0.104. The number of hydrogen-bond donors (Lipinski definition) is 3. The predicted octanol–water partition coefficient (Wildman–Crippen LogP) is -0.408. The Morgan fingerprint density at radius 2 is 2.44 bits per heavy atom. The van der Waals surface area contributed by atoms with E-state index in [1.807, 2.05) is 0 Å². The van der Waals surface area contributed by atoms with Crippen molar-refractivity contribution in [3.05, 3.63) is 12.2 Å². The number of carbonyl (C=O) groups is 1. The molecule has 1 aromatic rings. The maximum absolute atomic E-state index is 11.7. The maximum atomic E-state index is 11.7. The highest BCUT2D eigenvalue weighted by Gasteiger charge is 2.48. The van der Waals surface area contributed by atoms with E-state index < -0.39 is 0 Å². The lowest BCUT2D eigenvalue weighted by atomic mass is 10.1. The van der Waals surface area contributed by atoms with E-state index in [9.17, 15) is 4.79 Å². The van der Waals surface area contributed by atoms with Crippen LogP contribution in [0.5, 0.6) is 0 Å². The molecule has 1 aliphatic carbocycles. The highest BCUT2D eigenvalue weighted by molar-refractivity contribution is 5.85. The predicted molar refractivity (Wildman–Crippen MR) is 58.4 cm³/mol. The first-order valence-corrected chi connectivity index (χ1v) is 5.59. The fourth-order valence-electron chi connectivity index (χ4n) is 1.67. The fourth-order valence-corrected chi connectivity index (χ4v) is 1.67. The van der Waals surface area contributed by atoms with E-state index >= 15 is 0 Å². The van der Waals surface area contributed by atoms with Gasteiger partial charge in [0, 0.05) is 19.5 Å². The van der Waals surface area contributed by atoms with Gasteiger partial charge in [0.15, 0.2) is 0 Å². The molecule has 88 valence electrons. The maximum Gasteiger partial charge on any atom is 0.227 e. The number of aromatic nitrogens is 3. The zero-order chi connectivity index (χ0) is 11.4. The Morgan fingerprint density at radius 1 is 1.62 bits per heavy atom. The zero-order valence-electron chi connectivity index (χ0n) is 9.20. The Hall–Kier alpha value is -1.43. The highest BCUT2D eigenvalue weighted by atomic mass is 16.2. The molecule has 1 aliphatic rings. The quantitative estimate of drug-likeness (QED) is 0.571. The molecule has 1 fully saturated rings. The molecule has 1 heterocycles. The number of aromatic amines is 1. The molecular weight excluding hydrogens is 206 g/mol. The number of hydrogen-bond acceptors (Lipinski definition) is 4. The van der Waals surface area contributed by atoms with Gasteiger partial charge < -0.3 is 11.1 Å². The van der Waals surface area contributed by atoms with Gasteiger partial charge in [-0.25, -0.2) is 4.98 Å². The lowest BCUT2D eigenvalue weighted by molar-refractivity contribution is -0.125. The van der Waals surface area contributed by atoms with Gasteiger partial charge in [0.05, 0.1) is 5.41 Å². The lowest BCUT2D eigenvalue weighted by Gasteiger charge is -2.12. The van der Waals surface area contributed by atoms with Gasteiger partial charge in [-0.3, -0.25) is 9.89 Å². The van der Waals surface area contributed by atoms with Crippen LogP contribution in [0.15, 0.2) is 6.33 Å². The van der Waals surface area contributed by atoms with Crippen molar-refractivity contribution in [2.24, 2.45) is 11.1 Å². The third-order valence-electron chi connectivity index (χ3n) is 3.07. The van der Waals surface area contributed by atoms with Crippen molar-refractivity contribution >= 4 is 5.91 Å². The fraction of sp³-hybridized carbons (Fsp3) is 0.700. The second-order valence-electron chi connectivity index (χ2n) is 4.28. The molecule has 0 spiro atoms. The van der Waals surface area contributed by atoms with E-state index in [0.717, 1.165) is 31.5 Å². The molecule has 2 rings (SSSR count). The Labute approximate surface area is 94.0 Å². The molecule has 0 saturated heterocycles. The summed E-state index contributed by atoms with van der Waals surface area (Å²) >= 11 is 0. The van der Waals surface area contributed by atoms with Crippen molar-refractivity contribution in [3.63, 3.8) is 0 Å². The molecule has 4 N–H and O–H groups in total. The number of nitrogens with two attached hydrogens (primary N) is 1. The van der Waals surface area contributed by atoms with Crippen molar-refractivity contribution in [2.45, 2.75) is 25.7 Å². The van der Waals surface area contributed by atoms with Gasteiger partial charge in [-0.05, 0) is 19.3 Å². The molecule has 0 bridgehead atoms. The SMILES string of the molecule is NCC1(C(=O)NCCCc2ncn[nH]2)CC1. The van der Waals surface area contributed by atoms with Crippen LogP contribution in [0.25, 0.3) is 0 Å². The molecule has 1 saturated carbocycles. The second-order valence-corrected chi connectivity index (χ2v) is 4.28. The highest BCUT2D eigenvalue weighted by Crippen LogP contribution is 2.44. The van der Waals surface area contributed by atoms with Crippen molar-refractivity contribution < 1.29 is 4.79 Å². The largest absolute Gasteiger partial charge is 0.356 e. The first-order valence-electron chi connectivity index (χ1n) is 5.59. The van der Waals surface area contributed by atoms with E-state index in [0.29, 0.717) is 13.1 Å².